The molecule has 1 amide bonds. The number of halogens is 3. The minimum Gasteiger partial charge on any atom is -0.343 e. The monoisotopic (exact) mass is 536 g/mol. The van der Waals surface area contributed by atoms with E-state index in [2.05, 4.69) is 22.3 Å². The minimum atomic E-state index is -4.70. The Morgan fingerprint density at radius 1 is 1.24 bits per heavy atom. The maximum atomic E-state index is 13.1. The lowest BCUT2D eigenvalue weighted by Gasteiger charge is -2.22. The molecule has 1 aliphatic rings. The fraction of sp³-hybridized carbons (Fsp3) is 0.593. The minimum absolute atomic E-state index is 0.0365. The average Bonchev–Trinajstić information content (AvgIpc) is 3.30. The lowest BCUT2D eigenvalue weighted by atomic mass is 10.1. The Hall–Kier alpha value is -3.26. The van der Waals surface area contributed by atoms with Crippen molar-refractivity contribution in [2.75, 3.05) is 19.6 Å². The number of aromatic amines is 1. The number of carbonyl (C=O) groups is 1. The summed E-state index contributed by atoms with van der Waals surface area (Å²) in [5.41, 5.74) is -0.615. The van der Waals surface area contributed by atoms with Crippen LogP contribution in [0.25, 0.3) is 0 Å². The Labute approximate surface area is 222 Å². The zero-order valence-electron chi connectivity index (χ0n) is 22.9. The zero-order valence-corrected chi connectivity index (χ0v) is 22.9. The van der Waals surface area contributed by atoms with Crippen LogP contribution in [0.15, 0.2) is 23.1 Å². The molecule has 3 rings (SSSR count). The van der Waals surface area contributed by atoms with Crippen molar-refractivity contribution in [1.82, 2.24) is 25.4 Å². The highest BCUT2D eigenvalue weighted by atomic mass is 19.4. The van der Waals surface area contributed by atoms with E-state index in [1.807, 2.05) is 49.8 Å². The molecule has 0 aromatic carbocycles. The fourth-order valence-corrected chi connectivity index (χ4v) is 3.99. The van der Waals surface area contributed by atoms with Crippen molar-refractivity contribution in [2.24, 2.45) is 0 Å². The molecule has 2 N–H and O–H groups in total. The van der Waals surface area contributed by atoms with E-state index in [-0.39, 0.29) is 36.0 Å². The standard InChI is InChI=1S/C18H27F3N4O2.C7H6N2.C2H6/c1-3-5-11-25(10-4-2)14(26)8-9-22-13-7-6-12-15(18(19,20)21)17(27)24-23-16(12)13;1-6-2-3-7(4-8)5-9-6;1-2/h13,22H,3-11H2,1-2H3,(H,24,27);2-3,5H,1H3;1-2H3. The molecule has 38 heavy (non-hydrogen) atoms. The number of alkyl halides is 3. The molecular formula is C27H39F3N6O2. The molecule has 2 heterocycles. The predicted molar refractivity (Wildman–Crippen MR) is 140 cm³/mol. The van der Waals surface area contributed by atoms with Crippen LogP contribution in [0.1, 0.15) is 93.9 Å². The smallest absolute Gasteiger partial charge is 0.343 e. The van der Waals surface area contributed by atoms with Crippen molar-refractivity contribution in [3.05, 3.63) is 56.8 Å². The van der Waals surface area contributed by atoms with Gasteiger partial charge in [-0.15, -0.1) is 0 Å². The first-order valence-electron chi connectivity index (χ1n) is 13.1. The van der Waals surface area contributed by atoms with Crippen LogP contribution in [0, 0.1) is 18.3 Å². The van der Waals surface area contributed by atoms with Gasteiger partial charge in [-0.05, 0) is 50.3 Å². The van der Waals surface area contributed by atoms with Crippen molar-refractivity contribution < 1.29 is 18.0 Å². The number of unbranched alkanes of at least 4 members (excludes halogenated alkanes) is 1. The van der Waals surface area contributed by atoms with E-state index in [1.54, 1.807) is 12.3 Å². The Morgan fingerprint density at radius 2 is 1.95 bits per heavy atom. The SMILES string of the molecule is CC.CCCCN(CCC)C(=O)CCNC1CCc2c1n[nH]c(=O)c2C(F)(F)F.Cc1ccc(C#N)cn1. The molecule has 0 radical (unpaired) electrons. The highest BCUT2D eigenvalue weighted by molar-refractivity contribution is 5.76. The van der Waals surface area contributed by atoms with Gasteiger partial charge >= 0.3 is 6.18 Å². The molecule has 0 bridgehead atoms. The van der Waals surface area contributed by atoms with Crippen molar-refractivity contribution in [3.8, 4) is 6.07 Å². The van der Waals surface area contributed by atoms with E-state index >= 15 is 0 Å². The quantitative estimate of drug-likeness (QED) is 0.462. The van der Waals surface area contributed by atoms with E-state index in [4.69, 9.17) is 5.26 Å². The molecule has 2 aromatic heterocycles. The highest BCUT2D eigenvalue weighted by Crippen LogP contribution is 2.37. The van der Waals surface area contributed by atoms with Crippen LogP contribution in [0.3, 0.4) is 0 Å². The third-order valence-electron chi connectivity index (χ3n) is 5.81. The van der Waals surface area contributed by atoms with Crippen molar-refractivity contribution >= 4 is 5.91 Å². The van der Waals surface area contributed by atoms with Gasteiger partial charge in [-0.1, -0.05) is 34.1 Å². The topological polar surface area (TPSA) is 115 Å². The number of aromatic nitrogens is 3. The molecule has 8 nitrogen and oxygen atoms in total. The highest BCUT2D eigenvalue weighted by Gasteiger charge is 2.41. The summed E-state index contributed by atoms with van der Waals surface area (Å²) in [6.07, 6.45) is 0.557. The second kappa shape index (κ2) is 16.6. The second-order valence-corrected chi connectivity index (χ2v) is 8.62. The Balaban J connectivity index is 0.000000548. The van der Waals surface area contributed by atoms with E-state index < -0.39 is 17.3 Å². The summed E-state index contributed by atoms with van der Waals surface area (Å²) in [6, 6.07) is 5.17. The second-order valence-electron chi connectivity index (χ2n) is 8.62. The summed E-state index contributed by atoms with van der Waals surface area (Å²) >= 11 is 0. The van der Waals surface area contributed by atoms with Crippen molar-refractivity contribution in [1.29, 1.82) is 5.26 Å². The molecular weight excluding hydrogens is 497 g/mol. The number of nitriles is 1. The van der Waals surface area contributed by atoms with Crippen LogP contribution in [0.4, 0.5) is 13.2 Å². The number of carbonyl (C=O) groups excluding carboxylic acids is 1. The van der Waals surface area contributed by atoms with E-state index in [0.717, 1.165) is 31.5 Å². The molecule has 2 aromatic rings. The summed E-state index contributed by atoms with van der Waals surface area (Å²) in [5.74, 6) is 0.0430. The number of nitrogens with one attached hydrogen (secondary N) is 2. The Kier molecular flexibility index (Phi) is 14.3. The van der Waals surface area contributed by atoms with Gasteiger partial charge in [-0.2, -0.15) is 23.5 Å². The van der Waals surface area contributed by atoms with Crippen molar-refractivity contribution in [2.45, 2.75) is 85.4 Å². The number of nitrogens with zero attached hydrogens (tertiary/aromatic N) is 4. The lowest BCUT2D eigenvalue weighted by Crippen LogP contribution is -2.35. The van der Waals surface area contributed by atoms with Gasteiger partial charge < -0.3 is 10.2 Å². The third-order valence-corrected chi connectivity index (χ3v) is 5.81. The first-order chi connectivity index (χ1) is 18.1. The van der Waals surface area contributed by atoms with Gasteiger partial charge in [0.1, 0.15) is 11.6 Å². The van der Waals surface area contributed by atoms with Gasteiger partial charge in [-0.25, -0.2) is 5.10 Å². The largest absolute Gasteiger partial charge is 0.422 e. The van der Waals surface area contributed by atoms with Gasteiger partial charge in [0.25, 0.3) is 5.56 Å². The van der Waals surface area contributed by atoms with E-state index in [1.165, 1.54) is 0 Å². The van der Waals surface area contributed by atoms with Gasteiger partial charge in [0.15, 0.2) is 0 Å². The van der Waals surface area contributed by atoms with E-state index in [9.17, 15) is 22.8 Å². The summed E-state index contributed by atoms with van der Waals surface area (Å²) in [7, 11) is 0. The van der Waals surface area contributed by atoms with Crippen LogP contribution in [0.2, 0.25) is 0 Å². The Bertz CT molecular complexity index is 1090. The maximum Gasteiger partial charge on any atom is 0.422 e. The van der Waals surface area contributed by atoms with E-state index in [0.29, 0.717) is 25.1 Å². The molecule has 1 unspecified atom stereocenters. The van der Waals surface area contributed by atoms with Crippen LogP contribution in [-0.2, 0) is 17.4 Å². The lowest BCUT2D eigenvalue weighted by molar-refractivity contribution is -0.139. The average molecular weight is 537 g/mol. The van der Waals surface area contributed by atoms with Gasteiger partial charge in [-0.3, -0.25) is 14.6 Å². The molecule has 0 fully saturated rings. The first-order valence-corrected chi connectivity index (χ1v) is 13.1. The molecule has 0 saturated heterocycles. The van der Waals surface area contributed by atoms with Crippen LogP contribution in [-0.4, -0.2) is 45.6 Å². The molecule has 0 spiro atoms. The maximum absolute atomic E-state index is 13.1. The van der Waals surface area contributed by atoms with Gasteiger partial charge in [0.05, 0.1) is 17.3 Å². The van der Waals surface area contributed by atoms with Gasteiger partial charge in [0.2, 0.25) is 5.91 Å². The number of H-pyrrole nitrogens is 1. The number of aryl methyl sites for hydroxylation is 1. The number of pyridine rings is 1. The zero-order chi connectivity index (χ0) is 28.7. The van der Waals surface area contributed by atoms with Crippen LogP contribution >= 0.6 is 0 Å². The molecule has 1 aliphatic carbocycles. The molecule has 210 valence electrons. The Morgan fingerprint density at radius 3 is 2.50 bits per heavy atom. The summed E-state index contributed by atoms with van der Waals surface area (Å²) < 4.78 is 39.4. The molecule has 0 saturated carbocycles. The normalized spacial score (nSPS) is 13.8. The first kappa shape index (κ1) is 32.8. The van der Waals surface area contributed by atoms with Gasteiger partial charge in [0, 0.05) is 37.9 Å². The number of amides is 1. The molecule has 11 heteroatoms. The molecule has 1 atom stereocenters. The summed E-state index contributed by atoms with van der Waals surface area (Å²) in [5, 5.41) is 17.2. The molecule has 0 aliphatic heterocycles. The fourth-order valence-electron chi connectivity index (χ4n) is 3.99. The third kappa shape index (κ3) is 9.89. The predicted octanol–water partition coefficient (Wildman–Crippen LogP) is 5.08. The number of fused-ring (bicyclic) bond motifs is 1. The van der Waals surface area contributed by atoms with Crippen LogP contribution < -0.4 is 10.9 Å². The number of hydrogen-bond acceptors (Lipinski definition) is 6. The number of hydrogen-bond donors (Lipinski definition) is 2. The summed E-state index contributed by atoms with van der Waals surface area (Å²) in [6.45, 7) is 11.8. The number of rotatable bonds is 9. The summed E-state index contributed by atoms with van der Waals surface area (Å²) in [4.78, 5) is 29.7. The van der Waals surface area contributed by atoms with Crippen LogP contribution in [0.5, 0.6) is 0 Å². The van der Waals surface area contributed by atoms with Crippen molar-refractivity contribution in [3.63, 3.8) is 0 Å².